The molecule has 0 heterocycles. The van der Waals surface area contributed by atoms with Gasteiger partial charge in [-0.15, -0.1) is 0 Å². The van der Waals surface area contributed by atoms with Crippen molar-refractivity contribution in [3.05, 3.63) is 0 Å². The normalized spacial score (nSPS) is 9.43. The number of carboxylic acid groups (broad SMARTS) is 1. The van der Waals surface area contributed by atoms with Gasteiger partial charge in [-0.05, 0) is 12.8 Å². The first-order chi connectivity index (χ1) is 6.77. The fraction of sp³-hybridized carbons (Fsp3) is 0.800. The van der Waals surface area contributed by atoms with Crippen LogP contribution in [-0.4, -0.2) is 23.7 Å². The summed E-state index contributed by atoms with van der Waals surface area (Å²) in [5, 5.41) is 8.36. The van der Waals surface area contributed by atoms with Crippen LogP contribution in [0.15, 0.2) is 4.99 Å². The molecule has 0 aliphatic carbocycles. The minimum Gasteiger partial charge on any atom is -0.481 e. The molecule has 0 amide bonds. The predicted octanol–water partition coefficient (Wildman–Crippen LogP) is 2.14. The third kappa shape index (κ3) is 10.8. The number of unbranched alkanes of at least 4 members (excludes halogenated alkanes) is 5. The summed E-state index contributed by atoms with van der Waals surface area (Å²) in [6.07, 6.45) is 7.65. The van der Waals surface area contributed by atoms with E-state index in [0.717, 1.165) is 38.5 Å². The summed E-state index contributed by atoms with van der Waals surface area (Å²) in [6.45, 7) is 0.568. The Bertz CT molecular complexity index is 190. The highest BCUT2D eigenvalue weighted by Gasteiger charge is 1.96. The zero-order valence-corrected chi connectivity index (χ0v) is 8.37. The van der Waals surface area contributed by atoms with Gasteiger partial charge in [0.2, 0.25) is 6.08 Å². The molecule has 4 heteroatoms. The van der Waals surface area contributed by atoms with Crippen molar-refractivity contribution in [3.63, 3.8) is 0 Å². The quantitative estimate of drug-likeness (QED) is 0.351. The van der Waals surface area contributed by atoms with Gasteiger partial charge in [-0.1, -0.05) is 25.7 Å². The number of aliphatic carboxylic acids is 1. The number of aliphatic imine (C=N–C) groups is 1. The van der Waals surface area contributed by atoms with Crippen LogP contribution in [0.4, 0.5) is 0 Å². The van der Waals surface area contributed by atoms with Crippen molar-refractivity contribution in [1.29, 1.82) is 0 Å². The molecule has 4 nitrogen and oxygen atoms in total. The maximum Gasteiger partial charge on any atom is 0.303 e. The Balaban J connectivity index is 2.99. The lowest BCUT2D eigenvalue weighted by Gasteiger charge is -1.98. The maximum atomic E-state index is 10.2. The summed E-state index contributed by atoms with van der Waals surface area (Å²) in [5.41, 5.74) is 0. The summed E-state index contributed by atoms with van der Waals surface area (Å²) in [6, 6.07) is 0. The van der Waals surface area contributed by atoms with Crippen molar-refractivity contribution in [2.24, 2.45) is 4.99 Å². The second-order valence-corrected chi connectivity index (χ2v) is 3.24. The third-order valence-corrected chi connectivity index (χ3v) is 1.98. The van der Waals surface area contributed by atoms with Gasteiger partial charge in [-0.2, -0.15) is 0 Å². The number of nitrogens with zero attached hydrogens (tertiary/aromatic N) is 1. The molecule has 0 radical (unpaired) electrons. The van der Waals surface area contributed by atoms with Gasteiger partial charge in [0, 0.05) is 6.42 Å². The number of isocyanates is 1. The van der Waals surface area contributed by atoms with Crippen LogP contribution >= 0.6 is 0 Å². The fourth-order valence-electron chi connectivity index (χ4n) is 1.22. The van der Waals surface area contributed by atoms with Crippen molar-refractivity contribution < 1.29 is 14.7 Å². The number of carbonyl (C=O) groups excluding carboxylic acids is 1. The smallest absolute Gasteiger partial charge is 0.303 e. The largest absolute Gasteiger partial charge is 0.481 e. The van der Waals surface area contributed by atoms with Crippen LogP contribution in [0.3, 0.4) is 0 Å². The highest BCUT2D eigenvalue weighted by Crippen LogP contribution is 2.06. The van der Waals surface area contributed by atoms with Gasteiger partial charge in [-0.25, -0.2) is 9.79 Å². The maximum absolute atomic E-state index is 10.2. The van der Waals surface area contributed by atoms with Crippen molar-refractivity contribution in [2.75, 3.05) is 6.54 Å². The molecular formula is C10H17NO3. The molecule has 0 atom stereocenters. The third-order valence-electron chi connectivity index (χ3n) is 1.98. The van der Waals surface area contributed by atoms with Crippen LogP contribution in [0.25, 0.3) is 0 Å². The van der Waals surface area contributed by atoms with E-state index in [0.29, 0.717) is 6.54 Å². The minimum absolute atomic E-state index is 0.273. The van der Waals surface area contributed by atoms with Gasteiger partial charge in [0.15, 0.2) is 0 Å². The summed E-state index contributed by atoms with van der Waals surface area (Å²) in [7, 11) is 0. The van der Waals surface area contributed by atoms with E-state index in [-0.39, 0.29) is 6.42 Å². The topological polar surface area (TPSA) is 66.7 Å². The highest BCUT2D eigenvalue weighted by molar-refractivity contribution is 5.66. The van der Waals surface area contributed by atoms with Gasteiger partial charge in [-0.3, -0.25) is 4.79 Å². The SMILES string of the molecule is O=C=NCCCCCCCCC(=O)O. The molecule has 0 rings (SSSR count). The standard InChI is InChI=1S/C10H17NO3/c12-9-11-8-6-4-2-1-3-5-7-10(13)14/h1-8H2,(H,13,14). The molecule has 0 aromatic carbocycles. The lowest BCUT2D eigenvalue weighted by molar-refractivity contribution is -0.137. The lowest BCUT2D eigenvalue weighted by atomic mass is 10.1. The molecule has 0 saturated heterocycles. The van der Waals surface area contributed by atoms with Crippen molar-refractivity contribution >= 4 is 12.0 Å². The first-order valence-corrected chi connectivity index (χ1v) is 5.03. The average Bonchev–Trinajstić information content (AvgIpc) is 2.15. The Kier molecular flexibility index (Phi) is 9.12. The van der Waals surface area contributed by atoms with E-state index < -0.39 is 5.97 Å². The molecule has 80 valence electrons. The predicted molar refractivity (Wildman–Crippen MR) is 52.9 cm³/mol. The Morgan fingerprint density at radius 3 is 2.21 bits per heavy atom. The summed E-state index contributed by atoms with van der Waals surface area (Å²) >= 11 is 0. The fourth-order valence-corrected chi connectivity index (χ4v) is 1.22. The molecule has 0 aliphatic heterocycles. The van der Waals surface area contributed by atoms with Gasteiger partial charge in [0.25, 0.3) is 0 Å². The van der Waals surface area contributed by atoms with E-state index >= 15 is 0 Å². The van der Waals surface area contributed by atoms with E-state index in [1.165, 1.54) is 6.08 Å². The van der Waals surface area contributed by atoms with Gasteiger partial charge in [0.1, 0.15) is 0 Å². The molecule has 0 unspecified atom stereocenters. The lowest BCUT2D eigenvalue weighted by Crippen LogP contribution is -1.93. The van der Waals surface area contributed by atoms with Crippen LogP contribution in [0.2, 0.25) is 0 Å². The Morgan fingerprint density at radius 1 is 1.07 bits per heavy atom. The molecule has 0 spiro atoms. The molecule has 0 bridgehead atoms. The van der Waals surface area contributed by atoms with E-state index in [9.17, 15) is 9.59 Å². The van der Waals surface area contributed by atoms with Crippen molar-refractivity contribution in [1.82, 2.24) is 0 Å². The Labute approximate surface area is 84.0 Å². The Morgan fingerprint density at radius 2 is 1.64 bits per heavy atom. The van der Waals surface area contributed by atoms with E-state index in [4.69, 9.17) is 5.11 Å². The molecule has 14 heavy (non-hydrogen) atoms. The Hall–Kier alpha value is -1.15. The number of rotatable bonds is 9. The monoisotopic (exact) mass is 199 g/mol. The number of hydrogen-bond acceptors (Lipinski definition) is 3. The second kappa shape index (κ2) is 9.93. The van der Waals surface area contributed by atoms with Crippen LogP contribution in [0, 0.1) is 0 Å². The van der Waals surface area contributed by atoms with Gasteiger partial charge < -0.3 is 5.11 Å². The zero-order valence-electron chi connectivity index (χ0n) is 8.37. The molecule has 0 aromatic heterocycles. The van der Waals surface area contributed by atoms with Gasteiger partial charge >= 0.3 is 5.97 Å². The second-order valence-electron chi connectivity index (χ2n) is 3.24. The summed E-state index contributed by atoms with van der Waals surface area (Å²) in [5.74, 6) is -0.717. The van der Waals surface area contributed by atoms with Crippen LogP contribution in [0.1, 0.15) is 44.9 Å². The zero-order chi connectivity index (χ0) is 10.6. The summed E-state index contributed by atoms with van der Waals surface area (Å²) in [4.78, 5) is 23.3. The number of carboxylic acids is 1. The first kappa shape index (κ1) is 12.8. The summed E-state index contributed by atoms with van der Waals surface area (Å²) < 4.78 is 0. The average molecular weight is 199 g/mol. The highest BCUT2D eigenvalue weighted by atomic mass is 16.4. The molecule has 0 aliphatic rings. The number of hydrogen-bond donors (Lipinski definition) is 1. The van der Waals surface area contributed by atoms with Crippen LogP contribution in [-0.2, 0) is 9.59 Å². The van der Waals surface area contributed by atoms with Crippen molar-refractivity contribution in [2.45, 2.75) is 44.9 Å². The number of carbonyl (C=O) groups is 1. The van der Waals surface area contributed by atoms with Crippen LogP contribution < -0.4 is 0 Å². The molecule has 1 N–H and O–H groups in total. The van der Waals surface area contributed by atoms with Gasteiger partial charge in [0.05, 0.1) is 6.54 Å². The van der Waals surface area contributed by atoms with E-state index in [2.05, 4.69) is 4.99 Å². The van der Waals surface area contributed by atoms with Crippen molar-refractivity contribution in [3.8, 4) is 0 Å². The molecule has 0 fully saturated rings. The van der Waals surface area contributed by atoms with E-state index in [1.54, 1.807) is 0 Å². The first-order valence-electron chi connectivity index (χ1n) is 5.03. The molecule has 0 saturated carbocycles. The van der Waals surface area contributed by atoms with E-state index in [1.807, 2.05) is 0 Å². The van der Waals surface area contributed by atoms with Crippen LogP contribution in [0.5, 0.6) is 0 Å². The minimum atomic E-state index is -0.717. The molecule has 0 aromatic rings. The molecular weight excluding hydrogens is 182 g/mol.